The van der Waals surface area contributed by atoms with Gasteiger partial charge >= 0.3 is 12.1 Å². The Balaban J connectivity index is 1.77. The summed E-state index contributed by atoms with van der Waals surface area (Å²) in [5, 5.41) is 3.64. The van der Waals surface area contributed by atoms with Gasteiger partial charge in [-0.05, 0) is 17.7 Å². The van der Waals surface area contributed by atoms with Crippen molar-refractivity contribution in [2.75, 3.05) is 6.79 Å². The minimum atomic E-state index is -1.36. The molecule has 0 radical (unpaired) electrons. The van der Waals surface area contributed by atoms with Crippen LogP contribution in [-0.2, 0) is 23.9 Å². The molecule has 0 aliphatic carbocycles. The Labute approximate surface area is 134 Å². The van der Waals surface area contributed by atoms with Gasteiger partial charge in [0.2, 0.25) is 6.79 Å². The largest absolute Gasteiger partial charge is 0.536 e. The predicted octanol–water partition coefficient (Wildman–Crippen LogP) is 1.96. The van der Waals surface area contributed by atoms with E-state index in [2.05, 4.69) is 24.3 Å². The summed E-state index contributed by atoms with van der Waals surface area (Å²) >= 11 is 0. The second kappa shape index (κ2) is 7.61. The van der Waals surface area contributed by atoms with Crippen LogP contribution >= 0.6 is 0 Å². The van der Waals surface area contributed by atoms with Gasteiger partial charge in [0.05, 0.1) is 5.56 Å². The fourth-order valence-electron chi connectivity index (χ4n) is 1.69. The van der Waals surface area contributed by atoms with Gasteiger partial charge in [0, 0.05) is 23.4 Å². The third-order valence-electron chi connectivity index (χ3n) is 2.80. The first-order valence-electron chi connectivity index (χ1n) is 6.54. The molecule has 11 heteroatoms. The summed E-state index contributed by atoms with van der Waals surface area (Å²) in [6, 6.07) is 5.50. The smallest absolute Gasteiger partial charge is 0.424 e. The van der Waals surface area contributed by atoms with E-state index < -0.39 is 30.7 Å². The van der Waals surface area contributed by atoms with Crippen molar-refractivity contribution in [2.24, 2.45) is 5.11 Å². The molecule has 0 unspecified atom stereocenters. The lowest BCUT2D eigenvalue weighted by molar-refractivity contribution is -0.179. The third-order valence-corrected chi connectivity index (χ3v) is 2.80. The average molecular weight is 334 g/mol. The SMILES string of the molecule is [N-]=[N+]=Nc1ccc(C(=O)OCOC(=O)ON2C(=O)CCC2=O)cc1. The summed E-state index contributed by atoms with van der Waals surface area (Å²) in [5.41, 5.74) is 8.71. The second-order valence-electron chi connectivity index (χ2n) is 4.35. The van der Waals surface area contributed by atoms with Gasteiger partial charge < -0.3 is 9.47 Å². The quantitative estimate of drug-likeness (QED) is 0.199. The molecule has 0 aromatic heterocycles. The van der Waals surface area contributed by atoms with Gasteiger partial charge in [0.1, 0.15) is 0 Å². The van der Waals surface area contributed by atoms with E-state index in [-0.39, 0.29) is 18.4 Å². The van der Waals surface area contributed by atoms with E-state index in [1.54, 1.807) is 0 Å². The maximum Gasteiger partial charge on any atom is 0.536 e. The van der Waals surface area contributed by atoms with Crippen LogP contribution in [0.25, 0.3) is 10.4 Å². The normalized spacial score (nSPS) is 13.2. The fraction of sp³-hybridized carbons (Fsp3) is 0.231. The fourth-order valence-corrected chi connectivity index (χ4v) is 1.69. The molecule has 11 nitrogen and oxygen atoms in total. The van der Waals surface area contributed by atoms with Crippen molar-refractivity contribution >= 4 is 29.6 Å². The summed E-state index contributed by atoms with van der Waals surface area (Å²) in [5.74, 6) is -2.12. The minimum Gasteiger partial charge on any atom is -0.424 e. The molecule has 124 valence electrons. The Morgan fingerprint density at radius 3 is 2.33 bits per heavy atom. The zero-order valence-electron chi connectivity index (χ0n) is 12.1. The van der Waals surface area contributed by atoms with Crippen LogP contribution in [0.1, 0.15) is 23.2 Å². The first kappa shape index (κ1) is 16.8. The highest BCUT2D eigenvalue weighted by atomic mass is 16.9. The highest BCUT2D eigenvalue weighted by Gasteiger charge is 2.33. The molecule has 2 amide bonds. The molecule has 0 N–H and O–H groups in total. The summed E-state index contributed by atoms with van der Waals surface area (Å²) in [4.78, 5) is 52.4. The van der Waals surface area contributed by atoms with Gasteiger partial charge in [-0.1, -0.05) is 22.3 Å². The maximum atomic E-state index is 11.7. The Kier molecular flexibility index (Phi) is 5.32. The van der Waals surface area contributed by atoms with Crippen molar-refractivity contribution in [2.45, 2.75) is 12.8 Å². The molecule has 1 saturated heterocycles. The second-order valence-corrected chi connectivity index (χ2v) is 4.35. The van der Waals surface area contributed by atoms with E-state index in [0.717, 1.165) is 0 Å². The number of rotatable bonds is 5. The lowest BCUT2D eigenvalue weighted by Gasteiger charge is -2.12. The van der Waals surface area contributed by atoms with Gasteiger partial charge in [-0.3, -0.25) is 14.4 Å². The molecule has 0 atom stereocenters. The zero-order chi connectivity index (χ0) is 17.5. The van der Waals surface area contributed by atoms with Crippen molar-refractivity contribution in [3.8, 4) is 0 Å². The van der Waals surface area contributed by atoms with E-state index in [4.69, 9.17) is 5.53 Å². The standard InChI is InChI=1S/C13H10N4O7/c14-16-15-9-3-1-8(2-4-9)12(20)22-7-23-13(21)24-17-10(18)5-6-11(17)19/h1-4H,5-7H2. The molecule has 0 saturated carbocycles. The topological polar surface area (TPSA) is 148 Å². The number of carbonyl (C=O) groups excluding carboxylic acids is 4. The van der Waals surface area contributed by atoms with E-state index in [0.29, 0.717) is 10.8 Å². The van der Waals surface area contributed by atoms with E-state index in [1.165, 1.54) is 24.3 Å². The van der Waals surface area contributed by atoms with Crippen LogP contribution in [0.3, 0.4) is 0 Å². The molecule has 1 heterocycles. The van der Waals surface area contributed by atoms with Crippen LogP contribution in [0.4, 0.5) is 10.5 Å². The number of ether oxygens (including phenoxy) is 2. The Bertz CT molecular complexity index is 708. The highest BCUT2D eigenvalue weighted by molar-refractivity contribution is 6.01. The van der Waals surface area contributed by atoms with E-state index in [9.17, 15) is 19.2 Å². The first-order chi connectivity index (χ1) is 11.5. The molecular weight excluding hydrogens is 324 g/mol. The number of benzene rings is 1. The molecule has 1 aliphatic rings. The van der Waals surface area contributed by atoms with Crippen molar-refractivity contribution in [3.05, 3.63) is 40.3 Å². The van der Waals surface area contributed by atoms with Crippen LogP contribution in [0, 0.1) is 0 Å². The van der Waals surface area contributed by atoms with Crippen LogP contribution in [0.5, 0.6) is 0 Å². The number of hydrogen-bond donors (Lipinski definition) is 0. The Hall–Kier alpha value is -3.59. The van der Waals surface area contributed by atoms with Crippen molar-refractivity contribution < 1.29 is 33.5 Å². The van der Waals surface area contributed by atoms with Crippen LogP contribution in [-0.4, -0.2) is 35.8 Å². The van der Waals surface area contributed by atoms with Crippen LogP contribution in [0.15, 0.2) is 29.4 Å². The van der Waals surface area contributed by atoms with Crippen molar-refractivity contribution in [1.29, 1.82) is 0 Å². The number of hydroxylamine groups is 2. The highest BCUT2D eigenvalue weighted by Crippen LogP contribution is 2.14. The molecule has 1 aliphatic heterocycles. The van der Waals surface area contributed by atoms with Gasteiger partial charge in [-0.25, -0.2) is 9.59 Å². The number of carbonyl (C=O) groups is 4. The predicted molar refractivity (Wildman–Crippen MR) is 74.2 cm³/mol. The van der Waals surface area contributed by atoms with E-state index in [1.807, 2.05) is 0 Å². The number of esters is 1. The molecule has 2 rings (SSSR count). The van der Waals surface area contributed by atoms with Crippen LogP contribution < -0.4 is 0 Å². The summed E-state index contributed by atoms with van der Waals surface area (Å²) in [6.07, 6.45) is -1.45. The summed E-state index contributed by atoms with van der Waals surface area (Å²) < 4.78 is 9.10. The lowest BCUT2D eigenvalue weighted by Crippen LogP contribution is -2.32. The summed E-state index contributed by atoms with van der Waals surface area (Å²) in [7, 11) is 0. The average Bonchev–Trinajstić information content (AvgIpc) is 2.87. The molecule has 1 aromatic rings. The van der Waals surface area contributed by atoms with Gasteiger partial charge in [0.15, 0.2) is 0 Å². The minimum absolute atomic E-state index is 0.0487. The van der Waals surface area contributed by atoms with Gasteiger partial charge in [-0.2, -0.15) is 0 Å². The number of azide groups is 1. The molecule has 24 heavy (non-hydrogen) atoms. The van der Waals surface area contributed by atoms with Crippen molar-refractivity contribution in [1.82, 2.24) is 5.06 Å². The molecule has 0 bridgehead atoms. The Morgan fingerprint density at radius 2 is 1.75 bits per heavy atom. The number of nitrogens with zero attached hydrogens (tertiary/aromatic N) is 4. The first-order valence-corrected chi connectivity index (χ1v) is 6.54. The van der Waals surface area contributed by atoms with Crippen molar-refractivity contribution in [3.63, 3.8) is 0 Å². The maximum absolute atomic E-state index is 11.7. The molecule has 0 spiro atoms. The summed E-state index contributed by atoms with van der Waals surface area (Å²) in [6.45, 7) is -0.772. The molecule has 1 aromatic carbocycles. The lowest BCUT2D eigenvalue weighted by atomic mass is 10.2. The number of hydrogen-bond acceptors (Lipinski definition) is 8. The number of imide groups is 1. The van der Waals surface area contributed by atoms with Gasteiger partial charge in [-0.15, -0.1) is 0 Å². The molecule has 1 fully saturated rings. The number of amides is 2. The van der Waals surface area contributed by atoms with Crippen LogP contribution in [0.2, 0.25) is 0 Å². The third kappa shape index (κ3) is 4.21. The Morgan fingerprint density at radius 1 is 1.12 bits per heavy atom. The molecular formula is C13H10N4O7. The zero-order valence-corrected chi connectivity index (χ0v) is 12.1. The van der Waals surface area contributed by atoms with Gasteiger partial charge in [0.25, 0.3) is 11.8 Å². The monoisotopic (exact) mass is 334 g/mol. The van der Waals surface area contributed by atoms with E-state index >= 15 is 0 Å².